The number of halogens is 2. The van der Waals surface area contributed by atoms with Crippen LogP contribution in [0.15, 0.2) is 90.1 Å². The number of carbonyl (C=O) groups is 3. The summed E-state index contributed by atoms with van der Waals surface area (Å²) in [6.45, 7) is 7.82. The number of rotatable bonds is 9. The molecular formula is C36H37Cl2N3O4. The van der Waals surface area contributed by atoms with E-state index in [-0.39, 0.29) is 31.4 Å². The van der Waals surface area contributed by atoms with Crippen LogP contribution in [0.3, 0.4) is 0 Å². The third-order valence-electron chi connectivity index (χ3n) is 8.34. The van der Waals surface area contributed by atoms with Crippen LogP contribution in [0.1, 0.15) is 53.2 Å². The molecule has 234 valence electrons. The van der Waals surface area contributed by atoms with Crippen molar-refractivity contribution in [1.82, 2.24) is 14.7 Å². The maximum Gasteiger partial charge on any atom is 0.336 e. The molecule has 45 heavy (non-hydrogen) atoms. The lowest BCUT2D eigenvalue weighted by atomic mass is 9.83. The van der Waals surface area contributed by atoms with Crippen LogP contribution in [0.5, 0.6) is 0 Å². The first-order chi connectivity index (χ1) is 21.7. The Labute approximate surface area is 274 Å². The number of esters is 1. The van der Waals surface area contributed by atoms with Crippen molar-refractivity contribution in [2.24, 2.45) is 0 Å². The van der Waals surface area contributed by atoms with Gasteiger partial charge in [-0.2, -0.15) is 0 Å². The minimum Gasteiger partial charge on any atom is -0.463 e. The Balaban J connectivity index is 1.23. The second-order valence-electron chi connectivity index (χ2n) is 11.2. The number of hydrogen-bond donors (Lipinski definition) is 0. The molecule has 1 fully saturated rings. The lowest BCUT2D eigenvalue weighted by molar-refractivity contribution is -0.140. The summed E-state index contributed by atoms with van der Waals surface area (Å²) in [5.74, 6) is -1.08. The molecule has 2 aliphatic heterocycles. The van der Waals surface area contributed by atoms with E-state index in [1.54, 1.807) is 36.9 Å². The Morgan fingerprint density at radius 1 is 0.933 bits per heavy atom. The molecule has 0 bridgehead atoms. The Morgan fingerprint density at radius 3 is 2.31 bits per heavy atom. The first-order valence-electron chi connectivity index (χ1n) is 15.2. The lowest BCUT2D eigenvalue weighted by Gasteiger charge is -2.35. The molecule has 2 amide bonds. The average molecular weight is 647 g/mol. The fourth-order valence-electron chi connectivity index (χ4n) is 5.84. The Bertz CT molecular complexity index is 1600. The van der Waals surface area contributed by atoms with Crippen LogP contribution in [0, 0.1) is 0 Å². The van der Waals surface area contributed by atoms with Gasteiger partial charge in [0.15, 0.2) is 0 Å². The molecule has 0 saturated carbocycles. The maximum absolute atomic E-state index is 13.4. The molecule has 2 heterocycles. The number of amides is 2. The quantitative estimate of drug-likeness (QED) is 0.239. The van der Waals surface area contributed by atoms with Gasteiger partial charge in [0.05, 0.1) is 28.8 Å². The van der Waals surface area contributed by atoms with Gasteiger partial charge in [-0.1, -0.05) is 83.9 Å². The summed E-state index contributed by atoms with van der Waals surface area (Å²) >= 11 is 12.4. The van der Waals surface area contributed by atoms with E-state index in [0.29, 0.717) is 40.0 Å². The smallest absolute Gasteiger partial charge is 0.336 e. The van der Waals surface area contributed by atoms with Crippen molar-refractivity contribution in [3.8, 4) is 0 Å². The fourth-order valence-corrected chi connectivity index (χ4v) is 6.15. The molecule has 0 aliphatic carbocycles. The van der Waals surface area contributed by atoms with Crippen molar-refractivity contribution in [3.63, 3.8) is 0 Å². The van der Waals surface area contributed by atoms with Gasteiger partial charge in [-0.3, -0.25) is 14.5 Å². The van der Waals surface area contributed by atoms with Crippen LogP contribution in [0.2, 0.25) is 10.0 Å². The Hall–Kier alpha value is -3.91. The van der Waals surface area contributed by atoms with E-state index in [9.17, 15) is 14.4 Å². The van der Waals surface area contributed by atoms with E-state index in [1.807, 2.05) is 47.4 Å². The van der Waals surface area contributed by atoms with Crippen LogP contribution >= 0.6 is 23.2 Å². The van der Waals surface area contributed by atoms with Gasteiger partial charge in [-0.15, -0.1) is 0 Å². The van der Waals surface area contributed by atoms with E-state index in [1.165, 1.54) is 5.56 Å². The summed E-state index contributed by atoms with van der Waals surface area (Å²) in [6.07, 6.45) is 4.38. The van der Waals surface area contributed by atoms with E-state index < -0.39 is 11.9 Å². The standard InChI is InChI=1S/C36H37Cl2N3O4/c1-3-45-36(44)34-25(2)41(33(42)23-30(34)29-15-16-31(37)32(38)22-29)24-27-11-13-28(14-12-27)35(43)40-20-18-39(19-21-40)17-7-10-26-8-5-4-6-9-26/h4-16,22,30H,3,17-21,23-24H2,1-2H3. The van der Waals surface area contributed by atoms with Crippen LogP contribution < -0.4 is 0 Å². The lowest BCUT2D eigenvalue weighted by Crippen LogP contribution is -2.48. The molecule has 5 rings (SSSR count). The fraction of sp³-hybridized carbons (Fsp3) is 0.306. The van der Waals surface area contributed by atoms with Crippen molar-refractivity contribution in [3.05, 3.63) is 122 Å². The Morgan fingerprint density at radius 2 is 1.64 bits per heavy atom. The summed E-state index contributed by atoms with van der Waals surface area (Å²) in [6, 6.07) is 22.7. The van der Waals surface area contributed by atoms with Crippen molar-refractivity contribution >= 4 is 47.1 Å². The minimum absolute atomic E-state index is 0.000201. The van der Waals surface area contributed by atoms with Gasteiger partial charge in [-0.25, -0.2) is 4.79 Å². The summed E-state index contributed by atoms with van der Waals surface area (Å²) in [5, 5.41) is 0.760. The monoisotopic (exact) mass is 645 g/mol. The first-order valence-corrected chi connectivity index (χ1v) is 16.0. The predicted octanol–water partition coefficient (Wildman–Crippen LogP) is 6.82. The van der Waals surface area contributed by atoms with Gasteiger partial charge in [0.2, 0.25) is 5.91 Å². The van der Waals surface area contributed by atoms with Gasteiger partial charge in [0, 0.05) is 56.3 Å². The molecule has 0 aromatic heterocycles. The molecule has 0 radical (unpaired) electrons. The molecule has 3 aromatic carbocycles. The molecule has 3 aromatic rings. The number of hydrogen-bond acceptors (Lipinski definition) is 5. The van der Waals surface area contributed by atoms with Crippen molar-refractivity contribution in [2.75, 3.05) is 39.3 Å². The summed E-state index contributed by atoms with van der Waals surface area (Å²) in [5.41, 5.74) is 4.34. The highest BCUT2D eigenvalue weighted by Gasteiger charge is 2.37. The highest BCUT2D eigenvalue weighted by molar-refractivity contribution is 6.42. The normalized spacial score (nSPS) is 17.7. The summed E-state index contributed by atoms with van der Waals surface area (Å²) < 4.78 is 5.39. The van der Waals surface area contributed by atoms with Crippen molar-refractivity contribution < 1.29 is 19.1 Å². The van der Waals surface area contributed by atoms with Crippen molar-refractivity contribution in [1.29, 1.82) is 0 Å². The number of ether oxygens (including phenoxy) is 1. The predicted molar refractivity (Wildman–Crippen MR) is 178 cm³/mol. The molecule has 2 aliphatic rings. The van der Waals surface area contributed by atoms with E-state index in [4.69, 9.17) is 27.9 Å². The summed E-state index contributed by atoms with van der Waals surface area (Å²) in [7, 11) is 0. The molecular weight excluding hydrogens is 609 g/mol. The van der Waals surface area contributed by atoms with Crippen LogP contribution in [-0.2, 0) is 20.9 Å². The van der Waals surface area contributed by atoms with Gasteiger partial charge in [0.25, 0.3) is 5.91 Å². The summed E-state index contributed by atoms with van der Waals surface area (Å²) in [4.78, 5) is 45.7. The van der Waals surface area contributed by atoms with Gasteiger partial charge >= 0.3 is 5.97 Å². The molecule has 0 N–H and O–H groups in total. The molecule has 7 nitrogen and oxygen atoms in total. The van der Waals surface area contributed by atoms with Crippen molar-refractivity contribution in [2.45, 2.75) is 32.7 Å². The molecule has 1 atom stereocenters. The van der Waals surface area contributed by atoms with Crippen LogP contribution in [0.4, 0.5) is 0 Å². The van der Waals surface area contributed by atoms with E-state index in [0.717, 1.165) is 30.8 Å². The zero-order valence-electron chi connectivity index (χ0n) is 25.5. The zero-order valence-corrected chi connectivity index (χ0v) is 27.1. The number of piperazine rings is 1. The average Bonchev–Trinajstić information content (AvgIpc) is 3.05. The SMILES string of the molecule is CCOC(=O)C1=C(C)N(Cc2ccc(C(=O)N3CCN(CC=Cc4ccccc4)CC3)cc2)C(=O)CC1c1ccc(Cl)c(Cl)c1. The number of carbonyl (C=O) groups excluding carboxylic acids is 3. The second kappa shape index (κ2) is 14.9. The minimum atomic E-state index is -0.497. The molecule has 0 spiro atoms. The molecule has 1 unspecified atom stereocenters. The topological polar surface area (TPSA) is 70.2 Å². The van der Waals surface area contributed by atoms with Crippen LogP contribution in [-0.4, -0.2) is 71.8 Å². The second-order valence-corrected chi connectivity index (χ2v) is 12.0. The van der Waals surface area contributed by atoms with E-state index >= 15 is 0 Å². The molecule has 1 saturated heterocycles. The number of allylic oxidation sites excluding steroid dienone is 1. The third kappa shape index (κ3) is 7.85. The van der Waals surface area contributed by atoms with Gasteiger partial charge in [0.1, 0.15) is 0 Å². The maximum atomic E-state index is 13.4. The van der Waals surface area contributed by atoms with Gasteiger partial charge < -0.3 is 14.5 Å². The van der Waals surface area contributed by atoms with Crippen LogP contribution in [0.25, 0.3) is 6.08 Å². The highest BCUT2D eigenvalue weighted by Crippen LogP contribution is 2.39. The third-order valence-corrected chi connectivity index (χ3v) is 9.08. The van der Waals surface area contributed by atoms with Gasteiger partial charge in [-0.05, 0) is 54.8 Å². The Kier molecular flexibility index (Phi) is 10.8. The van der Waals surface area contributed by atoms with E-state index in [2.05, 4.69) is 29.2 Å². The highest BCUT2D eigenvalue weighted by atomic mass is 35.5. The number of nitrogens with zero attached hydrogens (tertiary/aromatic N) is 3. The first kappa shape index (κ1) is 32.5. The largest absolute Gasteiger partial charge is 0.463 e. The molecule has 9 heteroatoms. The number of benzene rings is 3. The zero-order chi connectivity index (χ0) is 31.9.